The van der Waals surface area contributed by atoms with Crippen LogP contribution in [0.1, 0.15) is 44.2 Å². The van der Waals surface area contributed by atoms with E-state index in [-0.39, 0.29) is 5.78 Å². The Morgan fingerprint density at radius 1 is 0.778 bits per heavy atom. The lowest BCUT2D eigenvalue weighted by Gasteiger charge is -2.18. The van der Waals surface area contributed by atoms with Gasteiger partial charge in [-0.15, -0.1) is 0 Å². The van der Waals surface area contributed by atoms with Crippen LogP contribution >= 0.6 is 0 Å². The van der Waals surface area contributed by atoms with Crippen LogP contribution < -0.4 is 9.47 Å². The van der Waals surface area contributed by atoms with Crippen LogP contribution in [0.5, 0.6) is 11.5 Å². The molecule has 2 aromatic carbocycles. The second kappa shape index (κ2) is 9.22. The van der Waals surface area contributed by atoms with E-state index in [9.17, 15) is 4.79 Å². The molecule has 0 saturated heterocycles. The molecule has 1 aliphatic rings. The highest BCUT2D eigenvalue weighted by Crippen LogP contribution is 2.31. The quantitative estimate of drug-likeness (QED) is 0.618. The Morgan fingerprint density at radius 2 is 1.22 bits per heavy atom. The highest BCUT2D eigenvalue weighted by molar-refractivity contribution is 6.14. The molecule has 0 unspecified atom stereocenters. The van der Waals surface area contributed by atoms with E-state index in [4.69, 9.17) is 9.47 Å². The second-order valence-corrected chi connectivity index (χ2v) is 6.46. The van der Waals surface area contributed by atoms with Crippen molar-refractivity contribution in [2.24, 2.45) is 0 Å². The van der Waals surface area contributed by atoms with E-state index in [0.29, 0.717) is 13.2 Å². The summed E-state index contributed by atoms with van der Waals surface area (Å²) < 4.78 is 11.4. The van der Waals surface area contributed by atoms with Crippen molar-refractivity contribution >= 4 is 17.9 Å². The molecule has 3 heteroatoms. The molecule has 3 nitrogen and oxygen atoms in total. The number of rotatable bonds is 6. The Labute approximate surface area is 161 Å². The normalized spacial score (nSPS) is 17.3. The first-order valence-corrected chi connectivity index (χ1v) is 9.62. The molecule has 0 heterocycles. The number of ketones is 1. The van der Waals surface area contributed by atoms with Gasteiger partial charge >= 0.3 is 0 Å². The second-order valence-electron chi connectivity index (χ2n) is 6.46. The maximum Gasteiger partial charge on any atom is 0.185 e. The van der Waals surface area contributed by atoms with E-state index in [0.717, 1.165) is 53.0 Å². The third-order valence-electron chi connectivity index (χ3n) is 4.57. The van der Waals surface area contributed by atoms with Crippen molar-refractivity contribution in [2.45, 2.75) is 33.1 Å². The van der Waals surface area contributed by atoms with Crippen LogP contribution in [-0.2, 0) is 4.79 Å². The minimum atomic E-state index is 0.124. The number of Topliss-reactive ketones (excluding diaryl/α,β-unsaturated/α-hetero) is 1. The molecule has 2 aromatic rings. The molecule has 1 saturated carbocycles. The minimum Gasteiger partial charge on any atom is -0.493 e. The van der Waals surface area contributed by atoms with Crippen LogP contribution in [0, 0.1) is 0 Å². The zero-order chi connectivity index (χ0) is 19.1. The fraction of sp³-hybridized carbons (Fsp3) is 0.292. The maximum absolute atomic E-state index is 13.1. The Balaban J connectivity index is 1.91. The standard InChI is InChI=1S/C24H26O3/c1-3-26-22-14-7-5-10-18(22)16-20-12-9-13-21(24(20)25)17-19-11-6-8-15-23(19)27-4-2/h5-8,10-11,14-17H,3-4,9,12-13H2,1-2H3. The van der Waals surface area contributed by atoms with Crippen LogP contribution in [0.25, 0.3) is 12.2 Å². The monoisotopic (exact) mass is 362 g/mol. The summed E-state index contributed by atoms with van der Waals surface area (Å²) in [6.07, 6.45) is 6.52. The van der Waals surface area contributed by atoms with Crippen molar-refractivity contribution in [1.82, 2.24) is 0 Å². The fourth-order valence-electron chi connectivity index (χ4n) is 3.33. The average Bonchev–Trinajstić information content (AvgIpc) is 2.68. The van der Waals surface area contributed by atoms with Gasteiger partial charge in [-0.05, 0) is 57.4 Å². The zero-order valence-corrected chi connectivity index (χ0v) is 16.0. The third-order valence-corrected chi connectivity index (χ3v) is 4.57. The molecule has 27 heavy (non-hydrogen) atoms. The highest BCUT2D eigenvalue weighted by atomic mass is 16.5. The van der Waals surface area contributed by atoms with Gasteiger partial charge in [-0.25, -0.2) is 0 Å². The van der Waals surface area contributed by atoms with E-state index >= 15 is 0 Å². The Hall–Kier alpha value is -2.81. The van der Waals surface area contributed by atoms with E-state index in [2.05, 4.69) is 0 Å². The number of hydrogen-bond donors (Lipinski definition) is 0. The van der Waals surface area contributed by atoms with Gasteiger partial charge in [0.05, 0.1) is 13.2 Å². The molecular weight excluding hydrogens is 336 g/mol. The van der Waals surface area contributed by atoms with Crippen molar-refractivity contribution in [3.8, 4) is 11.5 Å². The molecule has 0 aliphatic heterocycles. The van der Waals surface area contributed by atoms with Crippen LogP contribution in [0.3, 0.4) is 0 Å². The van der Waals surface area contributed by atoms with Crippen LogP contribution in [-0.4, -0.2) is 19.0 Å². The van der Waals surface area contributed by atoms with E-state index in [1.54, 1.807) is 0 Å². The van der Waals surface area contributed by atoms with Crippen molar-refractivity contribution in [3.63, 3.8) is 0 Å². The summed E-state index contributed by atoms with van der Waals surface area (Å²) >= 11 is 0. The zero-order valence-electron chi connectivity index (χ0n) is 16.0. The smallest absolute Gasteiger partial charge is 0.185 e. The Morgan fingerprint density at radius 3 is 1.67 bits per heavy atom. The summed E-state index contributed by atoms with van der Waals surface area (Å²) in [4.78, 5) is 13.1. The van der Waals surface area contributed by atoms with Gasteiger partial charge in [0, 0.05) is 22.3 Å². The van der Waals surface area contributed by atoms with Crippen molar-refractivity contribution in [2.75, 3.05) is 13.2 Å². The van der Waals surface area contributed by atoms with E-state index in [1.165, 1.54) is 0 Å². The summed E-state index contributed by atoms with van der Waals surface area (Å²) in [5, 5.41) is 0. The number of hydrogen-bond acceptors (Lipinski definition) is 3. The first-order valence-electron chi connectivity index (χ1n) is 9.62. The summed E-state index contributed by atoms with van der Waals surface area (Å²) in [6, 6.07) is 15.7. The first-order chi connectivity index (χ1) is 13.2. The summed E-state index contributed by atoms with van der Waals surface area (Å²) in [5.74, 6) is 1.76. The Kier molecular flexibility index (Phi) is 6.48. The SMILES string of the molecule is CCOc1ccccc1C=C1CCCC(=Cc2ccccc2OCC)C1=O. The topological polar surface area (TPSA) is 35.5 Å². The van der Waals surface area contributed by atoms with Gasteiger partial charge in [-0.2, -0.15) is 0 Å². The number of carbonyl (C=O) groups is 1. The Bertz CT molecular complexity index is 792. The van der Waals surface area contributed by atoms with Gasteiger partial charge in [0.25, 0.3) is 0 Å². The number of para-hydroxylation sites is 2. The molecule has 3 rings (SSSR count). The third kappa shape index (κ3) is 4.68. The van der Waals surface area contributed by atoms with Gasteiger partial charge in [-0.3, -0.25) is 4.79 Å². The van der Waals surface area contributed by atoms with Crippen molar-refractivity contribution in [3.05, 3.63) is 70.8 Å². The summed E-state index contributed by atoms with van der Waals surface area (Å²) in [6.45, 7) is 5.14. The number of carbonyl (C=O) groups excluding carboxylic acids is 1. The molecule has 0 amide bonds. The first kappa shape index (κ1) is 19.0. The van der Waals surface area contributed by atoms with E-state index in [1.807, 2.05) is 74.5 Å². The van der Waals surface area contributed by atoms with Gasteiger partial charge < -0.3 is 9.47 Å². The highest BCUT2D eigenvalue weighted by Gasteiger charge is 2.21. The van der Waals surface area contributed by atoms with Crippen LogP contribution in [0.4, 0.5) is 0 Å². The molecule has 1 fully saturated rings. The summed E-state index contributed by atoms with van der Waals surface area (Å²) in [7, 11) is 0. The lowest BCUT2D eigenvalue weighted by molar-refractivity contribution is -0.112. The maximum atomic E-state index is 13.1. The molecule has 0 aromatic heterocycles. The molecular formula is C24H26O3. The molecule has 0 N–H and O–H groups in total. The van der Waals surface area contributed by atoms with Crippen LogP contribution in [0.15, 0.2) is 59.7 Å². The number of ether oxygens (including phenoxy) is 2. The van der Waals surface area contributed by atoms with Crippen molar-refractivity contribution in [1.29, 1.82) is 0 Å². The minimum absolute atomic E-state index is 0.124. The largest absolute Gasteiger partial charge is 0.493 e. The average molecular weight is 362 g/mol. The van der Waals surface area contributed by atoms with Gasteiger partial charge in [0.2, 0.25) is 0 Å². The van der Waals surface area contributed by atoms with E-state index < -0.39 is 0 Å². The molecule has 1 aliphatic carbocycles. The molecule has 0 radical (unpaired) electrons. The van der Waals surface area contributed by atoms with Gasteiger partial charge in [0.15, 0.2) is 5.78 Å². The summed E-state index contributed by atoms with van der Waals surface area (Å²) in [5.41, 5.74) is 3.60. The van der Waals surface area contributed by atoms with Crippen LogP contribution in [0.2, 0.25) is 0 Å². The molecule has 0 spiro atoms. The number of benzene rings is 2. The fourth-order valence-corrected chi connectivity index (χ4v) is 3.33. The lowest BCUT2D eigenvalue weighted by Crippen LogP contribution is -2.12. The predicted molar refractivity (Wildman–Crippen MR) is 110 cm³/mol. The predicted octanol–water partition coefficient (Wildman–Crippen LogP) is 5.70. The lowest BCUT2D eigenvalue weighted by atomic mass is 9.86. The van der Waals surface area contributed by atoms with Gasteiger partial charge in [0.1, 0.15) is 11.5 Å². The van der Waals surface area contributed by atoms with Gasteiger partial charge in [-0.1, -0.05) is 36.4 Å². The molecule has 140 valence electrons. The molecule has 0 bridgehead atoms. The molecule has 0 atom stereocenters. The van der Waals surface area contributed by atoms with Crippen molar-refractivity contribution < 1.29 is 14.3 Å². The number of allylic oxidation sites excluding steroid dienone is 2.